The first-order valence-corrected chi connectivity index (χ1v) is 19.4. The van der Waals surface area contributed by atoms with Crippen LogP contribution in [-0.4, -0.2) is 82.2 Å². The summed E-state index contributed by atoms with van der Waals surface area (Å²) in [6, 6.07) is 8.02. The highest BCUT2D eigenvalue weighted by atomic mass is 32.1. The van der Waals surface area contributed by atoms with Crippen LogP contribution >= 0.6 is 11.3 Å². The van der Waals surface area contributed by atoms with Crippen molar-refractivity contribution >= 4 is 40.8 Å². The number of aliphatic carboxylic acids is 1. The molecule has 1 aromatic carbocycles. The number of likely N-dealkylation sites (N-methyl/N-ethyl adjacent to an activating group) is 1. The van der Waals surface area contributed by atoms with Crippen LogP contribution in [0.5, 0.6) is 0 Å². The van der Waals surface area contributed by atoms with Crippen molar-refractivity contribution in [3.05, 3.63) is 52.0 Å². The molecule has 0 radical (unpaired) electrons. The van der Waals surface area contributed by atoms with Gasteiger partial charge in [-0.3, -0.25) is 19.2 Å². The van der Waals surface area contributed by atoms with E-state index in [-0.39, 0.29) is 65.5 Å². The molecule has 2 aromatic rings. The summed E-state index contributed by atoms with van der Waals surface area (Å²) in [5, 5.41) is 21.4. The van der Waals surface area contributed by atoms with Gasteiger partial charge in [0.15, 0.2) is 0 Å². The Hall–Kier alpha value is -3.64. The van der Waals surface area contributed by atoms with Crippen LogP contribution in [0.2, 0.25) is 0 Å². The molecule has 3 amide bonds. The Morgan fingerprint density at radius 3 is 2.33 bits per heavy atom. The summed E-state index contributed by atoms with van der Waals surface area (Å²) < 4.78 is 0. The molecule has 11 nitrogen and oxygen atoms in total. The zero-order valence-electron chi connectivity index (χ0n) is 31.4. The topological polar surface area (TPSA) is 158 Å². The number of thiazole rings is 1. The molecule has 7 atom stereocenters. The molecular formula is C39H59N5O6S. The molecule has 0 unspecified atom stereocenters. The number of Topliss-reactive ketones (excluding diaryl/α,β-unsaturated/α-hetero) is 1. The van der Waals surface area contributed by atoms with Crippen LogP contribution in [0.3, 0.4) is 0 Å². The van der Waals surface area contributed by atoms with Crippen LogP contribution in [0.25, 0.3) is 0 Å². The number of carboxylic acid groups (broad SMARTS) is 1. The number of hydrogen-bond acceptors (Lipinski definition) is 8. The minimum atomic E-state index is -0.922. The molecule has 1 aromatic heterocycles. The van der Waals surface area contributed by atoms with Crippen molar-refractivity contribution in [3.8, 4) is 0 Å². The Bertz CT molecular complexity index is 1440. The van der Waals surface area contributed by atoms with E-state index in [0.717, 1.165) is 37.8 Å². The van der Waals surface area contributed by atoms with Gasteiger partial charge < -0.3 is 30.8 Å². The fraction of sp³-hybridized carbons (Fsp3) is 0.641. The van der Waals surface area contributed by atoms with Crippen molar-refractivity contribution in [1.29, 1.82) is 0 Å². The molecule has 1 fully saturated rings. The number of ketones is 1. The molecule has 12 heteroatoms. The Kier molecular flexibility index (Phi) is 16.7. The van der Waals surface area contributed by atoms with Crippen LogP contribution in [-0.2, 0) is 25.6 Å². The highest BCUT2D eigenvalue weighted by Gasteiger charge is 2.36. The molecular weight excluding hydrogens is 667 g/mol. The third-order valence-corrected chi connectivity index (χ3v) is 11.2. The maximum absolute atomic E-state index is 14.2. The fourth-order valence-corrected chi connectivity index (χ4v) is 7.69. The third kappa shape index (κ3) is 12.8. The van der Waals surface area contributed by atoms with E-state index in [1.165, 1.54) is 11.3 Å². The van der Waals surface area contributed by atoms with Gasteiger partial charge in [0.1, 0.15) is 17.5 Å². The quantitative estimate of drug-likeness (QED) is 0.138. The van der Waals surface area contributed by atoms with Gasteiger partial charge in [0.2, 0.25) is 11.8 Å². The summed E-state index contributed by atoms with van der Waals surface area (Å²) in [5.41, 5.74) is 1.23. The van der Waals surface area contributed by atoms with Gasteiger partial charge in [-0.15, -0.1) is 11.3 Å². The Balaban J connectivity index is 1.82. The van der Waals surface area contributed by atoms with Crippen LogP contribution < -0.4 is 16.0 Å². The second-order valence-corrected chi connectivity index (χ2v) is 15.6. The maximum atomic E-state index is 14.2. The van der Waals surface area contributed by atoms with Gasteiger partial charge in [-0.25, -0.2) is 4.98 Å². The largest absolute Gasteiger partial charge is 0.481 e. The molecule has 1 saturated heterocycles. The van der Waals surface area contributed by atoms with Crippen molar-refractivity contribution in [2.45, 2.75) is 129 Å². The first-order chi connectivity index (χ1) is 24.2. The van der Waals surface area contributed by atoms with Gasteiger partial charge in [0, 0.05) is 36.9 Å². The lowest BCUT2D eigenvalue weighted by atomic mass is 9.87. The molecule has 0 spiro atoms. The number of carboxylic acids is 1. The van der Waals surface area contributed by atoms with Crippen molar-refractivity contribution in [3.63, 3.8) is 0 Å². The normalized spacial score (nSPS) is 18.2. The average Bonchev–Trinajstić information content (AvgIpc) is 3.60. The summed E-state index contributed by atoms with van der Waals surface area (Å²) in [7, 11) is 1.79. The smallest absolute Gasteiger partial charge is 0.306 e. The van der Waals surface area contributed by atoms with Crippen molar-refractivity contribution in [1.82, 2.24) is 25.8 Å². The maximum Gasteiger partial charge on any atom is 0.306 e. The second-order valence-electron chi connectivity index (χ2n) is 14.7. The number of nitrogens with zero attached hydrogens (tertiary/aromatic N) is 2. The Morgan fingerprint density at radius 1 is 1.04 bits per heavy atom. The number of rotatable bonds is 20. The van der Waals surface area contributed by atoms with E-state index in [2.05, 4.69) is 29.8 Å². The molecule has 0 saturated carbocycles. The summed E-state index contributed by atoms with van der Waals surface area (Å²) in [6.07, 6.45) is 5.60. The number of aromatic nitrogens is 1. The predicted molar refractivity (Wildman–Crippen MR) is 201 cm³/mol. The number of piperidine rings is 1. The van der Waals surface area contributed by atoms with E-state index in [0.29, 0.717) is 30.7 Å². The Labute approximate surface area is 307 Å². The highest BCUT2D eigenvalue weighted by molar-refractivity contribution is 7.09. The lowest BCUT2D eigenvalue weighted by Gasteiger charge is -2.37. The monoisotopic (exact) mass is 725 g/mol. The predicted octanol–water partition coefficient (Wildman–Crippen LogP) is 5.59. The zero-order valence-corrected chi connectivity index (χ0v) is 32.3. The first-order valence-electron chi connectivity index (χ1n) is 18.5. The van der Waals surface area contributed by atoms with Crippen LogP contribution in [0, 0.1) is 17.8 Å². The van der Waals surface area contributed by atoms with E-state index in [4.69, 9.17) is 4.98 Å². The van der Waals surface area contributed by atoms with Gasteiger partial charge >= 0.3 is 5.97 Å². The second kappa shape index (κ2) is 20.4. The highest BCUT2D eigenvalue weighted by Crippen LogP contribution is 2.33. The number of amides is 3. The van der Waals surface area contributed by atoms with Crippen LogP contribution in [0.15, 0.2) is 35.7 Å². The minimum Gasteiger partial charge on any atom is -0.481 e. The van der Waals surface area contributed by atoms with Crippen LogP contribution in [0.1, 0.15) is 120 Å². The molecule has 51 heavy (non-hydrogen) atoms. The lowest BCUT2D eigenvalue weighted by Crippen LogP contribution is -2.57. The fourth-order valence-electron chi connectivity index (χ4n) is 6.74. The third-order valence-electron chi connectivity index (χ3n) is 10.2. The molecule has 2 heterocycles. The van der Waals surface area contributed by atoms with Gasteiger partial charge in [-0.05, 0) is 69.4 Å². The average molecular weight is 726 g/mol. The first kappa shape index (κ1) is 41.8. The molecule has 4 N–H and O–H groups in total. The van der Waals surface area contributed by atoms with E-state index in [9.17, 15) is 29.1 Å². The van der Waals surface area contributed by atoms with Crippen molar-refractivity contribution < 1.29 is 29.1 Å². The number of benzene rings is 1. The standard InChI is InChI=1S/C39H59N5O6S/c1-8-25(4)34(43-35(46)31-16-12-13-19-40-31)38(48)44(7)33(24(2)3)22-29(18-17-27(6)45)37-42-32(23-51-37)36(47)41-30(20-26(5)39(49)50)21-28-14-10-9-11-15-28/h9-11,14-15,23-26,29-31,33-34,40H,8,12-13,16-22H2,1-7H3,(H,41,47)(H,43,46)(H,49,50)/t25-,26-,29+,30+,31+,33+,34-/m0/s1. The van der Waals surface area contributed by atoms with Crippen molar-refractivity contribution in [2.75, 3.05) is 13.6 Å². The molecule has 0 aliphatic carbocycles. The molecule has 1 aliphatic rings. The lowest BCUT2D eigenvalue weighted by molar-refractivity contribution is -0.141. The molecule has 282 valence electrons. The summed E-state index contributed by atoms with van der Waals surface area (Å²) in [6.45, 7) is 12.1. The van der Waals surface area contributed by atoms with Gasteiger partial charge in [0.05, 0.1) is 17.0 Å². The number of nitrogens with one attached hydrogen (secondary N) is 3. The minimum absolute atomic E-state index is 0.0484. The summed E-state index contributed by atoms with van der Waals surface area (Å²) in [4.78, 5) is 71.3. The zero-order chi connectivity index (χ0) is 37.7. The van der Waals surface area contributed by atoms with E-state index in [1.807, 2.05) is 44.2 Å². The molecule has 1 aliphatic heterocycles. The van der Waals surface area contributed by atoms with Gasteiger partial charge in [-0.1, -0.05) is 77.8 Å². The molecule has 3 rings (SSSR count). The Morgan fingerprint density at radius 2 is 1.75 bits per heavy atom. The van der Waals surface area contributed by atoms with Gasteiger partial charge in [0.25, 0.3) is 5.91 Å². The SMILES string of the molecule is CC[C@H](C)[C@H](NC(=O)[C@H]1CCCCN1)C(=O)N(C)[C@H](C[C@@H](CCC(C)=O)c1nc(C(=O)N[C@@H](Cc2ccccc2)C[C@H](C)C(=O)O)cs1)C(C)C. The van der Waals surface area contributed by atoms with E-state index in [1.54, 1.807) is 31.2 Å². The summed E-state index contributed by atoms with van der Waals surface area (Å²) >= 11 is 1.36. The summed E-state index contributed by atoms with van der Waals surface area (Å²) in [5.74, 6) is -2.39. The number of hydrogen-bond donors (Lipinski definition) is 4. The number of carbonyl (C=O) groups is 5. The number of carbonyl (C=O) groups excluding carboxylic acids is 4. The van der Waals surface area contributed by atoms with E-state index >= 15 is 0 Å². The van der Waals surface area contributed by atoms with Crippen molar-refractivity contribution in [2.24, 2.45) is 17.8 Å². The van der Waals surface area contributed by atoms with Crippen LogP contribution in [0.4, 0.5) is 0 Å². The van der Waals surface area contributed by atoms with E-state index < -0.39 is 24.0 Å². The van der Waals surface area contributed by atoms with Gasteiger partial charge in [-0.2, -0.15) is 0 Å². The molecule has 0 bridgehead atoms.